The Labute approximate surface area is 73.2 Å². The van der Waals surface area contributed by atoms with Gasteiger partial charge < -0.3 is 10.5 Å². The number of nitrogens with zero attached hydrogens (tertiary/aromatic N) is 1. The van der Waals surface area contributed by atoms with E-state index in [0.29, 0.717) is 12.5 Å². The number of amidine groups is 1. The van der Waals surface area contributed by atoms with Crippen LogP contribution in [-0.2, 0) is 4.74 Å². The number of hydrogen-bond acceptors (Lipinski definition) is 3. The van der Waals surface area contributed by atoms with Crippen LogP contribution in [0.5, 0.6) is 0 Å². The minimum absolute atomic E-state index is 0.257. The topological polar surface area (TPSA) is 62.3 Å². The molecule has 0 radical (unpaired) electrons. The van der Waals surface area contributed by atoms with Crippen molar-refractivity contribution in [2.24, 2.45) is 11.7 Å². The zero-order chi connectivity index (χ0) is 8.97. The van der Waals surface area contributed by atoms with Gasteiger partial charge in [-0.3, -0.25) is 10.3 Å². The quantitative estimate of drug-likeness (QED) is 0.458. The number of ether oxygens (including phenoxy) is 1. The molecule has 0 amide bonds. The Morgan fingerprint density at radius 1 is 1.75 bits per heavy atom. The van der Waals surface area contributed by atoms with E-state index in [-0.39, 0.29) is 5.84 Å². The van der Waals surface area contributed by atoms with Crippen molar-refractivity contribution in [3.05, 3.63) is 0 Å². The van der Waals surface area contributed by atoms with Crippen LogP contribution < -0.4 is 5.73 Å². The van der Waals surface area contributed by atoms with Crippen LogP contribution in [0.2, 0.25) is 0 Å². The molecule has 12 heavy (non-hydrogen) atoms. The lowest BCUT2D eigenvalue weighted by molar-refractivity contribution is 0.154. The Kier molecular flexibility index (Phi) is 3.49. The van der Waals surface area contributed by atoms with Crippen LogP contribution in [0.15, 0.2) is 0 Å². The van der Waals surface area contributed by atoms with Crippen molar-refractivity contribution in [2.75, 3.05) is 33.4 Å². The lowest BCUT2D eigenvalue weighted by atomic mass is 10.1. The Balaban J connectivity index is 2.21. The fourth-order valence-electron chi connectivity index (χ4n) is 1.67. The zero-order valence-electron chi connectivity index (χ0n) is 7.55. The average Bonchev–Trinajstić information content (AvgIpc) is 2.36. The van der Waals surface area contributed by atoms with E-state index in [1.807, 2.05) is 0 Å². The second-order valence-corrected chi connectivity index (χ2v) is 3.37. The molecule has 4 nitrogen and oxygen atoms in total. The van der Waals surface area contributed by atoms with Crippen LogP contribution in [0, 0.1) is 11.3 Å². The molecule has 1 saturated heterocycles. The van der Waals surface area contributed by atoms with Crippen LogP contribution in [0.3, 0.4) is 0 Å². The highest BCUT2D eigenvalue weighted by Gasteiger charge is 2.22. The summed E-state index contributed by atoms with van der Waals surface area (Å²) in [6.45, 7) is 3.51. The maximum absolute atomic E-state index is 7.13. The first-order valence-corrected chi connectivity index (χ1v) is 4.26. The van der Waals surface area contributed by atoms with Crippen molar-refractivity contribution in [1.82, 2.24) is 4.90 Å². The summed E-state index contributed by atoms with van der Waals surface area (Å²) in [7, 11) is 1.73. The van der Waals surface area contributed by atoms with Crippen LogP contribution in [0.25, 0.3) is 0 Å². The molecule has 0 spiro atoms. The van der Waals surface area contributed by atoms with Crippen molar-refractivity contribution < 1.29 is 4.74 Å². The van der Waals surface area contributed by atoms with Gasteiger partial charge >= 0.3 is 0 Å². The number of nitrogens with one attached hydrogen (secondary N) is 1. The summed E-state index contributed by atoms with van der Waals surface area (Å²) < 4.78 is 5.07. The maximum atomic E-state index is 7.13. The highest BCUT2D eigenvalue weighted by molar-refractivity contribution is 5.78. The molecule has 1 aliphatic rings. The zero-order valence-corrected chi connectivity index (χ0v) is 7.55. The van der Waals surface area contributed by atoms with Gasteiger partial charge in [0.05, 0.1) is 13.2 Å². The Hall–Kier alpha value is -0.610. The molecule has 0 aromatic rings. The second kappa shape index (κ2) is 4.42. The third-order valence-corrected chi connectivity index (χ3v) is 2.17. The number of methoxy groups -OCH3 is 1. The summed E-state index contributed by atoms with van der Waals surface area (Å²) in [6.07, 6.45) is 1.17. The summed E-state index contributed by atoms with van der Waals surface area (Å²) in [4.78, 5) is 2.20. The summed E-state index contributed by atoms with van der Waals surface area (Å²) in [5, 5.41) is 7.13. The van der Waals surface area contributed by atoms with Crippen molar-refractivity contribution in [3.8, 4) is 0 Å². The largest absolute Gasteiger partial charge is 0.387 e. The monoisotopic (exact) mass is 171 g/mol. The predicted molar refractivity (Wildman–Crippen MR) is 48.3 cm³/mol. The number of hydrogen-bond donors (Lipinski definition) is 2. The molecule has 1 rings (SSSR count). The molecule has 70 valence electrons. The van der Waals surface area contributed by atoms with Gasteiger partial charge in [0.25, 0.3) is 0 Å². The molecule has 1 fully saturated rings. The second-order valence-electron chi connectivity index (χ2n) is 3.37. The molecule has 1 unspecified atom stereocenters. The highest BCUT2D eigenvalue weighted by atomic mass is 16.5. The van der Waals surface area contributed by atoms with Gasteiger partial charge in [0.2, 0.25) is 0 Å². The molecular weight excluding hydrogens is 154 g/mol. The standard InChI is InChI=1S/C8H17N3O/c1-12-6-7-2-3-11(4-7)5-8(9)10/h7H,2-6H2,1H3,(H3,9,10). The first-order valence-electron chi connectivity index (χ1n) is 4.26. The molecule has 0 aromatic carbocycles. The molecule has 3 N–H and O–H groups in total. The summed E-state index contributed by atoms with van der Waals surface area (Å²) >= 11 is 0. The molecule has 1 aliphatic heterocycles. The molecular formula is C8H17N3O. The SMILES string of the molecule is COCC1CCN(CC(=N)N)C1. The van der Waals surface area contributed by atoms with Crippen LogP contribution >= 0.6 is 0 Å². The summed E-state index contributed by atoms with van der Waals surface area (Å²) in [5.41, 5.74) is 5.30. The van der Waals surface area contributed by atoms with E-state index >= 15 is 0 Å². The van der Waals surface area contributed by atoms with Gasteiger partial charge in [0.1, 0.15) is 5.84 Å². The van der Waals surface area contributed by atoms with Crippen LogP contribution in [0.4, 0.5) is 0 Å². The van der Waals surface area contributed by atoms with E-state index in [1.165, 1.54) is 6.42 Å². The molecule has 0 aromatic heterocycles. The molecule has 0 saturated carbocycles. The molecule has 0 aliphatic carbocycles. The summed E-state index contributed by atoms with van der Waals surface area (Å²) in [6, 6.07) is 0. The van der Waals surface area contributed by atoms with Crippen LogP contribution in [-0.4, -0.2) is 44.1 Å². The van der Waals surface area contributed by atoms with Crippen molar-refractivity contribution in [3.63, 3.8) is 0 Å². The van der Waals surface area contributed by atoms with E-state index in [2.05, 4.69) is 4.90 Å². The fourth-order valence-corrected chi connectivity index (χ4v) is 1.67. The average molecular weight is 171 g/mol. The molecule has 0 bridgehead atoms. The fraction of sp³-hybridized carbons (Fsp3) is 0.875. The third-order valence-electron chi connectivity index (χ3n) is 2.17. The molecule has 4 heteroatoms. The van der Waals surface area contributed by atoms with E-state index in [4.69, 9.17) is 15.9 Å². The first kappa shape index (κ1) is 9.48. The van der Waals surface area contributed by atoms with E-state index in [0.717, 1.165) is 19.7 Å². The number of nitrogens with two attached hydrogens (primary N) is 1. The molecule has 1 heterocycles. The van der Waals surface area contributed by atoms with Gasteiger partial charge in [-0.25, -0.2) is 0 Å². The normalized spacial score (nSPS) is 24.6. The lowest BCUT2D eigenvalue weighted by Crippen LogP contribution is -2.31. The van der Waals surface area contributed by atoms with Crippen molar-refractivity contribution in [2.45, 2.75) is 6.42 Å². The Morgan fingerprint density at radius 2 is 2.50 bits per heavy atom. The first-order chi connectivity index (χ1) is 5.72. The van der Waals surface area contributed by atoms with E-state index in [9.17, 15) is 0 Å². The van der Waals surface area contributed by atoms with Gasteiger partial charge in [0.15, 0.2) is 0 Å². The minimum Gasteiger partial charge on any atom is -0.387 e. The van der Waals surface area contributed by atoms with Crippen molar-refractivity contribution in [1.29, 1.82) is 5.41 Å². The van der Waals surface area contributed by atoms with E-state index < -0.39 is 0 Å². The number of rotatable bonds is 4. The minimum atomic E-state index is 0.257. The smallest absolute Gasteiger partial charge is 0.105 e. The maximum Gasteiger partial charge on any atom is 0.105 e. The van der Waals surface area contributed by atoms with Crippen LogP contribution in [0.1, 0.15) is 6.42 Å². The van der Waals surface area contributed by atoms with Gasteiger partial charge in [0, 0.05) is 13.7 Å². The Morgan fingerprint density at radius 3 is 3.08 bits per heavy atom. The summed E-state index contributed by atoms with van der Waals surface area (Å²) in [5.74, 6) is 0.891. The van der Waals surface area contributed by atoms with Gasteiger partial charge in [-0.05, 0) is 18.9 Å². The number of likely N-dealkylation sites (tertiary alicyclic amines) is 1. The van der Waals surface area contributed by atoms with Crippen molar-refractivity contribution >= 4 is 5.84 Å². The van der Waals surface area contributed by atoms with Gasteiger partial charge in [-0.2, -0.15) is 0 Å². The highest BCUT2D eigenvalue weighted by Crippen LogP contribution is 2.15. The van der Waals surface area contributed by atoms with E-state index in [1.54, 1.807) is 7.11 Å². The third kappa shape index (κ3) is 2.79. The van der Waals surface area contributed by atoms with Gasteiger partial charge in [-0.15, -0.1) is 0 Å². The van der Waals surface area contributed by atoms with Gasteiger partial charge in [-0.1, -0.05) is 0 Å². The lowest BCUT2D eigenvalue weighted by Gasteiger charge is -2.14. The Bertz CT molecular complexity index is 160. The molecule has 1 atom stereocenters. The predicted octanol–water partition coefficient (Wildman–Crippen LogP) is -0.109.